The van der Waals surface area contributed by atoms with E-state index in [0.29, 0.717) is 11.8 Å². The van der Waals surface area contributed by atoms with E-state index >= 15 is 0 Å². The van der Waals surface area contributed by atoms with Crippen LogP contribution in [0, 0.1) is 11.8 Å². The van der Waals surface area contributed by atoms with Crippen LogP contribution in [0.4, 0.5) is 0 Å². The van der Waals surface area contributed by atoms with Gasteiger partial charge in [0.1, 0.15) is 0 Å². The highest BCUT2D eigenvalue weighted by Gasteiger charge is 2.37. The molecule has 2 aliphatic rings. The summed E-state index contributed by atoms with van der Waals surface area (Å²) < 4.78 is 0. The second kappa shape index (κ2) is 6.57. The van der Waals surface area contributed by atoms with Crippen molar-refractivity contribution < 1.29 is 14.7 Å². The lowest BCUT2D eigenvalue weighted by molar-refractivity contribution is -0.150. The molecule has 1 aliphatic carbocycles. The highest BCUT2D eigenvalue weighted by molar-refractivity contribution is 5.86. The van der Waals surface area contributed by atoms with Gasteiger partial charge in [-0.2, -0.15) is 0 Å². The lowest BCUT2D eigenvalue weighted by Crippen LogP contribution is -2.59. The summed E-state index contributed by atoms with van der Waals surface area (Å²) in [4.78, 5) is 27.5. The number of carboxylic acids is 1. The maximum absolute atomic E-state index is 12.5. The summed E-state index contributed by atoms with van der Waals surface area (Å²) in [5, 5.41) is 9.06. The first kappa shape index (κ1) is 15.3. The Bertz CT molecular complexity index is 366. The first-order valence-corrected chi connectivity index (χ1v) is 7.72. The molecular weight excluding hydrogens is 256 g/mol. The molecule has 0 aromatic heterocycles. The third-order valence-electron chi connectivity index (χ3n) is 4.37. The molecule has 20 heavy (non-hydrogen) atoms. The van der Waals surface area contributed by atoms with Gasteiger partial charge in [-0.25, -0.2) is 0 Å². The number of carboxylic acid groups (broad SMARTS) is 1. The first-order chi connectivity index (χ1) is 9.47. The number of hydrogen-bond acceptors (Lipinski definition) is 3. The van der Waals surface area contributed by atoms with Crippen molar-refractivity contribution >= 4 is 11.9 Å². The van der Waals surface area contributed by atoms with Crippen molar-refractivity contribution in [1.82, 2.24) is 9.80 Å². The predicted octanol–water partition coefficient (Wildman–Crippen LogP) is 1.43. The Morgan fingerprint density at radius 2 is 2.05 bits per heavy atom. The summed E-state index contributed by atoms with van der Waals surface area (Å²) in [6, 6.07) is -0.469. The van der Waals surface area contributed by atoms with Gasteiger partial charge in [0, 0.05) is 26.2 Å². The number of hydrogen-bond donors (Lipinski definition) is 1. The van der Waals surface area contributed by atoms with E-state index < -0.39 is 12.0 Å². The predicted molar refractivity (Wildman–Crippen MR) is 76.4 cm³/mol. The molecule has 1 saturated carbocycles. The van der Waals surface area contributed by atoms with Crippen LogP contribution in [0.3, 0.4) is 0 Å². The molecular formula is C15H26N2O3. The molecule has 1 heterocycles. The second-order valence-corrected chi connectivity index (χ2v) is 6.58. The van der Waals surface area contributed by atoms with Crippen LogP contribution in [-0.2, 0) is 9.59 Å². The minimum atomic E-state index is -0.886. The van der Waals surface area contributed by atoms with Crippen LogP contribution >= 0.6 is 0 Å². The lowest BCUT2D eigenvalue weighted by atomic mass is 9.84. The number of nitrogens with zero attached hydrogens (tertiary/aromatic N) is 2. The molecule has 0 spiro atoms. The van der Waals surface area contributed by atoms with Gasteiger partial charge in [-0.15, -0.1) is 0 Å². The molecule has 5 heteroatoms. The first-order valence-electron chi connectivity index (χ1n) is 7.72. The average Bonchev–Trinajstić information content (AvgIpc) is 2.29. The fourth-order valence-electron chi connectivity index (χ4n) is 3.12. The van der Waals surface area contributed by atoms with Gasteiger partial charge in [0.15, 0.2) is 0 Å². The van der Waals surface area contributed by atoms with E-state index in [2.05, 4.69) is 18.7 Å². The van der Waals surface area contributed by atoms with Crippen molar-refractivity contribution in [3.05, 3.63) is 0 Å². The van der Waals surface area contributed by atoms with E-state index in [9.17, 15) is 9.59 Å². The zero-order valence-electron chi connectivity index (χ0n) is 12.5. The SMILES string of the molecule is CC(C)CN1CCN(CC2CCC2)C(=O)C1CC(=O)O. The summed E-state index contributed by atoms with van der Waals surface area (Å²) >= 11 is 0. The maximum Gasteiger partial charge on any atom is 0.305 e. The average molecular weight is 282 g/mol. The molecule has 0 aromatic carbocycles. The molecule has 0 bridgehead atoms. The second-order valence-electron chi connectivity index (χ2n) is 6.58. The molecule has 1 aliphatic heterocycles. The normalized spacial score (nSPS) is 25.1. The number of carbonyl (C=O) groups excluding carboxylic acids is 1. The molecule has 1 saturated heterocycles. The molecule has 1 unspecified atom stereocenters. The Kier molecular flexibility index (Phi) is 5.02. The van der Waals surface area contributed by atoms with Crippen LogP contribution in [0.25, 0.3) is 0 Å². The van der Waals surface area contributed by atoms with Crippen molar-refractivity contribution in [3.63, 3.8) is 0 Å². The van der Waals surface area contributed by atoms with Gasteiger partial charge in [0.05, 0.1) is 12.5 Å². The van der Waals surface area contributed by atoms with E-state index in [0.717, 1.165) is 26.2 Å². The largest absolute Gasteiger partial charge is 0.481 e. The van der Waals surface area contributed by atoms with Crippen LogP contribution in [0.2, 0.25) is 0 Å². The van der Waals surface area contributed by atoms with Crippen LogP contribution in [0.5, 0.6) is 0 Å². The summed E-state index contributed by atoms with van der Waals surface area (Å²) in [5.74, 6) is 0.215. The number of amides is 1. The third-order valence-corrected chi connectivity index (χ3v) is 4.37. The Morgan fingerprint density at radius 3 is 2.55 bits per heavy atom. The zero-order valence-corrected chi connectivity index (χ0v) is 12.5. The van der Waals surface area contributed by atoms with Crippen LogP contribution in [0.15, 0.2) is 0 Å². The van der Waals surface area contributed by atoms with Gasteiger partial charge in [-0.3, -0.25) is 14.5 Å². The molecule has 114 valence electrons. The van der Waals surface area contributed by atoms with Crippen molar-refractivity contribution in [2.45, 2.75) is 45.6 Å². The van der Waals surface area contributed by atoms with Crippen molar-refractivity contribution in [2.24, 2.45) is 11.8 Å². The smallest absolute Gasteiger partial charge is 0.305 e. The molecule has 2 rings (SSSR count). The standard InChI is InChI=1S/C15H26N2O3/c1-11(2)9-16-6-7-17(10-12-4-3-5-12)15(20)13(16)8-14(18)19/h11-13H,3-10H2,1-2H3,(H,18,19). The molecule has 0 aromatic rings. The van der Waals surface area contributed by atoms with Gasteiger partial charge in [0.25, 0.3) is 0 Å². The van der Waals surface area contributed by atoms with Gasteiger partial charge in [-0.05, 0) is 24.7 Å². The zero-order chi connectivity index (χ0) is 14.7. The van der Waals surface area contributed by atoms with E-state index in [4.69, 9.17) is 5.11 Å². The molecule has 1 N–H and O–H groups in total. The van der Waals surface area contributed by atoms with Crippen molar-refractivity contribution in [3.8, 4) is 0 Å². The number of aliphatic carboxylic acids is 1. The summed E-state index contributed by atoms with van der Waals surface area (Å²) in [5.41, 5.74) is 0. The van der Waals surface area contributed by atoms with Crippen LogP contribution in [-0.4, -0.2) is 59.0 Å². The summed E-state index contributed by atoms with van der Waals surface area (Å²) in [6.45, 7) is 7.37. The topological polar surface area (TPSA) is 60.9 Å². The maximum atomic E-state index is 12.5. The fourth-order valence-corrected chi connectivity index (χ4v) is 3.12. The Hall–Kier alpha value is -1.10. The molecule has 0 radical (unpaired) electrons. The monoisotopic (exact) mass is 282 g/mol. The van der Waals surface area contributed by atoms with Gasteiger partial charge >= 0.3 is 5.97 Å². The Morgan fingerprint density at radius 1 is 1.35 bits per heavy atom. The number of rotatable bonds is 6. The van der Waals surface area contributed by atoms with Crippen LogP contribution in [0.1, 0.15) is 39.5 Å². The van der Waals surface area contributed by atoms with E-state index in [-0.39, 0.29) is 12.3 Å². The minimum absolute atomic E-state index is 0.0196. The molecule has 2 fully saturated rings. The lowest BCUT2D eigenvalue weighted by Gasteiger charge is -2.43. The number of carbonyl (C=O) groups is 2. The van der Waals surface area contributed by atoms with E-state index in [1.807, 2.05) is 4.90 Å². The Labute approximate surface area is 120 Å². The van der Waals surface area contributed by atoms with E-state index in [1.54, 1.807) is 0 Å². The third kappa shape index (κ3) is 3.72. The van der Waals surface area contributed by atoms with Gasteiger partial charge in [-0.1, -0.05) is 20.3 Å². The highest BCUT2D eigenvalue weighted by atomic mass is 16.4. The number of piperazine rings is 1. The highest BCUT2D eigenvalue weighted by Crippen LogP contribution is 2.28. The van der Waals surface area contributed by atoms with Crippen molar-refractivity contribution in [2.75, 3.05) is 26.2 Å². The van der Waals surface area contributed by atoms with Crippen LogP contribution < -0.4 is 0 Å². The fraction of sp³-hybridized carbons (Fsp3) is 0.867. The van der Waals surface area contributed by atoms with Gasteiger partial charge in [0.2, 0.25) is 5.91 Å². The summed E-state index contributed by atoms with van der Waals surface area (Å²) in [6.07, 6.45) is 3.61. The van der Waals surface area contributed by atoms with Crippen molar-refractivity contribution in [1.29, 1.82) is 0 Å². The molecule has 1 atom stereocenters. The van der Waals surface area contributed by atoms with Gasteiger partial charge < -0.3 is 10.0 Å². The molecule has 5 nitrogen and oxygen atoms in total. The minimum Gasteiger partial charge on any atom is -0.481 e. The Balaban J connectivity index is 2.00. The van der Waals surface area contributed by atoms with E-state index in [1.165, 1.54) is 19.3 Å². The molecule has 1 amide bonds. The quantitative estimate of drug-likeness (QED) is 0.800. The summed E-state index contributed by atoms with van der Waals surface area (Å²) in [7, 11) is 0.